The number of nitrogens with one attached hydrogen (secondary N) is 1. The van der Waals surface area contributed by atoms with Crippen molar-refractivity contribution in [3.05, 3.63) is 42.3 Å². The quantitative estimate of drug-likeness (QED) is 0.225. The highest BCUT2D eigenvalue weighted by Crippen LogP contribution is 2.29. The Morgan fingerprint density at radius 2 is 1.97 bits per heavy atom. The smallest absolute Gasteiger partial charge is 0.485 e. The summed E-state index contributed by atoms with van der Waals surface area (Å²) in [6.45, 7) is 0.481. The van der Waals surface area contributed by atoms with E-state index >= 15 is 0 Å². The molecular weight excluding hydrogens is 556 g/mol. The zero-order valence-corrected chi connectivity index (χ0v) is 20.7. The molecule has 3 aromatic rings. The molecule has 0 spiro atoms. The molecule has 0 bridgehead atoms. The van der Waals surface area contributed by atoms with Crippen molar-refractivity contribution in [2.24, 2.45) is 7.05 Å². The third kappa shape index (κ3) is 7.42. The van der Waals surface area contributed by atoms with E-state index in [1.165, 1.54) is 22.0 Å². The fourth-order valence-corrected chi connectivity index (χ4v) is 3.13. The molecule has 1 aromatic carbocycles. The number of nitrogens with zero attached hydrogens (tertiary/aromatic N) is 6. The Morgan fingerprint density at radius 1 is 1.28 bits per heavy atom. The highest BCUT2D eigenvalue weighted by Gasteiger charge is 2.37. The zero-order chi connectivity index (χ0) is 29.0. The maximum Gasteiger partial charge on any atom is 0.485 e. The number of tetrazole rings is 1. The van der Waals surface area contributed by atoms with E-state index in [9.17, 15) is 27.2 Å². The van der Waals surface area contributed by atoms with Gasteiger partial charge in [0.25, 0.3) is 5.91 Å². The predicted molar refractivity (Wildman–Crippen MR) is 122 cm³/mol. The number of alkyl halides is 3. The van der Waals surface area contributed by atoms with Crippen LogP contribution in [0.4, 0.5) is 28.0 Å². The number of carbonyl (C=O) groups is 2. The molecule has 0 aliphatic carbocycles. The van der Waals surface area contributed by atoms with Gasteiger partial charge in [0.05, 0.1) is 25.8 Å². The Balaban J connectivity index is 0.000000459. The van der Waals surface area contributed by atoms with Crippen molar-refractivity contribution < 1.29 is 50.6 Å². The van der Waals surface area contributed by atoms with E-state index in [2.05, 4.69) is 31.4 Å². The van der Waals surface area contributed by atoms with Gasteiger partial charge < -0.3 is 20.3 Å². The minimum atomic E-state index is -6.09. The number of benzene rings is 1. The van der Waals surface area contributed by atoms with Crippen LogP contribution in [0.15, 0.2) is 36.5 Å². The summed E-state index contributed by atoms with van der Waals surface area (Å²) in [4.78, 5) is 30.4. The predicted octanol–water partition coefficient (Wildman–Crippen LogP) is -0.187. The lowest BCUT2D eigenvalue weighted by Gasteiger charge is -2.14. The van der Waals surface area contributed by atoms with Gasteiger partial charge in [-0.1, -0.05) is 6.07 Å². The number of hydrogen-bond donors (Lipinski definition) is 2. The first-order chi connectivity index (χ1) is 18.2. The molecule has 1 aliphatic rings. The van der Waals surface area contributed by atoms with Gasteiger partial charge >= 0.3 is 11.6 Å². The number of cyclic esters (lactones) is 1. The average Bonchev–Trinajstić information content (AvgIpc) is 3.47. The molecule has 2 aromatic heterocycles. The monoisotopic (exact) mass is 576 g/mol. The lowest BCUT2D eigenvalue weighted by Crippen LogP contribution is -2.57. The number of hydrogen-bond acceptors (Lipinski definition) is 10. The van der Waals surface area contributed by atoms with Crippen molar-refractivity contribution in [1.82, 2.24) is 30.5 Å². The fraction of sp³-hybridized carbons (Fsp3) is 0.300. The summed E-state index contributed by atoms with van der Waals surface area (Å²) in [6, 6.07) is 7.87. The molecule has 3 heterocycles. The highest BCUT2D eigenvalue weighted by molar-refractivity contribution is 7.86. The molecule has 19 heteroatoms. The second kappa shape index (κ2) is 11.7. The second-order valence-corrected chi connectivity index (χ2v) is 9.14. The maximum absolute atomic E-state index is 14.8. The van der Waals surface area contributed by atoms with Crippen molar-refractivity contribution in [1.29, 1.82) is 0 Å². The molecule has 1 fully saturated rings. The molecule has 39 heavy (non-hydrogen) atoms. The Morgan fingerprint density at radius 3 is 2.49 bits per heavy atom. The van der Waals surface area contributed by atoms with Crippen LogP contribution in [0.1, 0.15) is 0 Å². The lowest BCUT2D eigenvalue weighted by atomic mass is 10.1. The SMILES string of the molecule is Cn1nnc(-c2ccc(-c3ccc(N4C[C@H](CNC(=O)C[NH3+])OC4=O)cc3F)cn2)n1.O=S(=O)([O-])C(F)(F)F. The number of quaternary nitrogens is 1. The normalized spacial score (nSPS) is 15.4. The molecule has 1 atom stereocenters. The number of aromatic nitrogens is 5. The largest absolute Gasteiger partial charge is 0.741 e. The Bertz CT molecular complexity index is 1450. The van der Waals surface area contributed by atoms with E-state index in [4.69, 9.17) is 17.7 Å². The summed E-state index contributed by atoms with van der Waals surface area (Å²) < 4.78 is 79.0. The molecule has 0 unspecified atom stereocenters. The number of pyridine rings is 1. The molecule has 0 radical (unpaired) electrons. The van der Waals surface area contributed by atoms with Gasteiger partial charge in [-0.25, -0.2) is 17.6 Å². The lowest BCUT2D eigenvalue weighted by molar-refractivity contribution is -0.355. The first-order valence-corrected chi connectivity index (χ1v) is 12.2. The Kier molecular flexibility index (Phi) is 8.77. The van der Waals surface area contributed by atoms with Gasteiger partial charge in [0, 0.05) is 17.3 Å². The number of rotatable bonds is 6. The zero-order valence-electron chi connectivity index (χ0n) is 19.9. The molecule has 4 rings (SSSR count). The number of anilines is 1. The molecule has 210 valence electrons. The number of amides is 2. The first-order valence-electron chi connectivity index (χ1n) is 10.8. The molecule has 2 amide bonds. The van der Waals surface area contributed by atoms with Crippen molar-refractivity contribution in [2.45, 2.75) is 11.6 Å². The Labute approximate surface area is 217 Å². The molecule has 1 saturated heterocycles. The van der Waals surface area contributed by atoms with Gasteiger partial charge in [0.1, 0.15) is 17.6 Å². The van der Waals surface area contributed by atoms with E-state index < -0.39 is 33.6 Å². The summed E-state index contributed by atoms with van der Waals surface area (Å²) in [5, 5.41) is 14.4. The number of halogens is 4. The van der Waals surface area contributed by atoms with Gasteiger partial charge in [-0.3, -0.25) is 14.7 Å². The number of ether oxygens (including phenoxy) is 1. The van der Waals surface area contributed by atoms with Gasteiger partial charge in [0.2, 0.25) is 5.82 Å². The average molecular weight is 576 g/mol. The van der Waals surface area contributed by atoms with Crippen LogP contribution in [0, 0.1) is 5.82 Å². The number of aryl methyl sites for hydroxylation is 1. The summed E-state index contributed by atoms with van der Waals surface area (Å²) in [5.74, 6) is -0.371. The molecule has 14 nitrogen and oxygen atoms in total. The first kappa shape index (κ1) is 29.3. The van der Waals surface area contributed by atoms with E-state index in [0.29, 0.717) is 28.3 Å². The summed E-state index contributed by atoms with van der Waals surface area (Å²) in [7, 11) is -4.44. The van der Waals surface area contributed by atoms with Gasteiger partial charge in [-0.2, -0.15) is 18.0 Å². The maximum atomic E-state index is 14.8. The van der Waals surface area contributed by atoms with Crippen LogP contribution >= 0.6 is 0 Å². The topological polar surface area (TPSA) is 200 Å². The fourth-order valence-electron chi connectivity index (χ4n) is 3.13. The third-order valence-corrected chi connectivity index (χ3v) is 5.55. The molecule has 0 saturated carbocycles. The number of carbonyl (C=O) groups excluding carboxylic acids is 2. The summed E-state index contributed by atoms with van der Waals surface area (Å²) >= 11 is 0. The van der Waals surface area contributed by atoms with Crippen LogP contribution in [0.2, 0.25) is 0 Å². The highest BCUT2D eigenvalue weighted by atomic mass is 32.2. The van der Waals surface area contributed by atoms with Crippen molar-refractivity contribution in [2.75, 3.05) is 24.5 Å². The van der Waals surface area contributed by atoms with Gasteiger partial charge in [0.15, 0.2) is 16.7 Å². The van der Waals surface area contributed by atoms with Crippen LogP contribution < -0.4 is 16.0 Å². The molecule has 1 aliphatic heterocycles. The van der Waals surface area contributed by atoms with Crippen molar-refractivity contribution in [3.63, 3.8) is 0 Å². The molecular formula is C20H20F4N8O6S. The van der Waals surface area contributed by atoms with E-state index in [-0.39, 0.29) is 25.5 Å². The minimum absolute atomic E-state index is 0.0994. The summed E-state index contributed by atoms with van der Waals surface area (Å²) in [6.07, 6.45) is 0.413. The van der Waals surface area contributed by atoms with Crippen molar-refractivity contribution >= 4 is 27.8 Å². The third-order valence-electron chi connectivity index (χ3n) is 4.99. The van der Waals surface area contributed by atoms with Crippen LogP contribution in [0.25, 0.3) is 22.6 Å². The van der Waals surface area contributed by atoms with Crippen LogP contribution in [0.5, 0.6) is 0 Å². The summed E-state index contributed by atoms with van der Waals surface area (Å²) in [5.41, 5.74) is -0.375. The standard InChI is InChI=1S/C19H19FN8O3.CHF3O3S/c1-27-25-18(24-26-27)16-5-2-11(8-22-16)14-4-3-12(6-15(14)20)28-10-13(31-19(28)30)9-23-17(29)7-21;2-1(3,4)8(5,6)7/h2-6,8,13H,7,9-10,21H2,1H3,(H,23,29);(H,5,6,7)/t13-;/m0./s1. The van der Waals surface area contributed by atoms with E-state index in [0.717, 1.165) is 0 Å². The van der Waals surface area contributed by atoms with Crippen LogP contribution in [-0.2, 0) is 26.7 Å². The van der Waals surface area contributed by atoms with E-state index in [1.807, 2.05) is 0 Å². The van der Waals surface area contributed by atoms with Gasteiger partial charge in [-0.05, 0) is 29.5 Å². The van der Waals surface area contributed by atoms with Crippen LogP contribution in [-0.4, -0.2) is 81.4 Å². The van der Waals surface area contributed by atoms with Gasteiger partial charge in [-0.15, -0.1) is 10.2 Å². The Hall–Kier alpha value is -4.23. The van der Waals surface area contributed by atoms with Crippen LogP contribution in [0.3, 0.4) is 0 Å². The minimum Gasteiger partial charge on any atom is -0.741 e. The van der Waals surface area contributed by atoms with Crippen molar-refractivity contribution in [3.8, 4) is 22.6 Å². The molecule has 4 N–H and O–H groups in total. The van der Waals surface area contributed by atoms with E-state index in [1.54, 1.807) is 31.3 Å². The second-order valence-electron chi connectivity index (χ2n) is 7.77.